The van der Waals surface area contributed by atoms with E-state index in [4.69, 9.17) is 4.42 Å². The lowest BCUT2D eigenvalue weighted by Crippen LogP contribution is -2.24. The molecule has 2 N–H and O–H groups in total. The molecule has 2 heterocycles. The lowest BCUT2D eigenvalue weighted by atomic mass is 10.2. The summed E-state index contributed by atoms with van der Waals surface area (Å²) < 4.78 is 5.18. The molecule has 0 aliphatic carbocycles. The zero-order chi connectivity index (χ0) is 13.8. The highest BCUT2D eigenvalue weighted by Crippen LogP contribution is 2.25. The molecule has 2 atom stereocenters. The number of rotatable bonds is 6. The van der Waals surface area contributed by atoms with Crippen molar-refractivity contribution in [3.8, 4) is 0 Å². The minimum Gasteiger partial charge on any atom is -0.467 e. The van der Waals surface area contributed by atoms with Crippen molar-refractivity contribution in [3.05, 3.63) is 39.7 Å². The average Bonchev–Trinajstić information content (AvgIpc) is 3.04. The first-order valence-electron chi connectivity index (χ1n) is 6.52. The second-order valence-corrected chi connectivity index (χ2v) is 5.69. The molecule has 2 unspecified atom stereocenters. The van der Waals surface area contributed by atoms with Crippen LogP contribution in [0.5, 0.6) is 0 Å². The molecule has 2 aromatic heterocycles. The Kier molecular flexibility index (Phi) is 4.74. The van der Waals surface area contributed by atoms with E-state index in [2.05, 4.69) is 24.1 Å². The molecule has 19 heavy (non-hydrogen) atoms. The van der Waals surface area contributed by atoms with Crippen LogP contribution in [-0.2, 0) is 6.42 Å². The van der Waals surface area contributed by atoms with Gasteiger partial charge < -0.3 is 14.8 Å². The van der Waals surface area contributed by atoms with Gasteiger partial charge in [-0.3, -0.25) is 0 Å². The van der Waals surface area contributed by atoms with Crippen molar-refractivity contribution >= 4 is 11.3 Å². The molecule has 5 heteroatoms. The lowest BCUT2D eigenvalue weighted by molar-refractivity contribution is 0.144. The maximum Gasteiger partial charge on any atom is 0.133 e. The Labute approximate surface area is 117 Å². The fourth-order valence-electron chi connectivity index (χ4n) is 1.98. The largest absolute Gasteiger partial charge is 0.467 e. The van der Waals surface area contributed by atoms with E-state index in [-0.39, 0.29) is 6.04 Å². The number of hydrogen-bond acceptors (Lipinski definition) is 5. The molecule has 2 aromatic rings. The number of thiazole rings is 1. The van der Waals surface area contributed by atoms with Crippen molar-refractivity contribution in [2.24, 2.45) is 0 Å². The summed E-state index contributed by atoms with van der Waals surface area (Å²) in [6.07, 6.45) is 1.92. The van der Waals surface area contributed by atoms with E-state index in [1.165, 1.54) is 4.88 Å². The Morgan fingerprint density at radius 1 is 1.53 bits per heavy atom. The quantitative estimate of drug-likeness (QED) is 0.854. The molecule has 0 aliphatic heterocycles. The van der Waals surface area contributed by atoms with Gasteiger partial charge in [-0.1, -0.05) is 6.92 Å². The van der Waals surface area contributed by atoms with Crippen LogP contribution in [0.15, 0.2) is 22.8 Å². The SMILES string of the molecule is CCc1nc(C)c(C(C)NCC(O)c2ccco2)s1. The molecule has 104 valence electrons. The first-order valence-corrected chi connectivity index (χ1v) is 7.34. The number of aliphatic hydroxyl groups is 1. The van der Waals surface area contributed by atoms with Gasteiger partial charge in [0.15, 0.2) is 0 Å². The topological polar surface area (TPSA) is 58.3 Å². The molecule has 0 radical (unpaired) electrons. The summed E-state index contributed by atoms with van der Waals surface area (Å²) in [7, 11) is 0. The van der Waals surface area contributed by atoms with Crippen molar-refractivity contribution in [2.75, 3.05) is 6.54 Å². The van der Waals surface area contributed by atoms with Gasteiger partial charge in [0, 0.05) is 17.5 Å². The molecule has 0 saturated carbocycles. The zero-order valence-corrected chi connectivity index (χ0v) is 12.3. The molecule has 0 spiro atoms. The van der Waals surface area contributed by atoms with Crippen molar-refractivity contribution in [2.45, 2.75) is 39.3 Å². The zero-order valence-electron chi connectivity index (χ0n) is 11.5. The molecule has 0 bridgehead atoms. The number of aryl methyl sites for hydroxylation is 2. The van der Waals surface area contributed by atoms with E-state index in [1.54, 1.807) is 29.7 Å². The summed E-state index contributed by atoms with van der Waals surface area (Å²) in [4.78, 5) is 5.76. The second-order valence-electron chi connectivity index (χ2n) is 4.57. The van der Waals surface area contributed by atoms with Crippen LogP contribution >= 0.6 is 11.3 Å². The maximum atomic E-state index is 9.96. The van der Waals surface area contributed by atoms with Gasteiger partial charge in [-0.05, 0) is 32.4 Å². The third kappa shape index (κ3) is 3.43. The van der Waals surface area contributed by atoms with Gasteiger partial charge in [0.25, 0.3) is 0 Å². The van der Waals surface area contributed by atoms with E-state index in [0.29, 0.717) is 12.3 Å². The Morgan fingerprint density at radius 3 is 2.89 bits per heavy atom. The molecule has 0 saturated heterocycles. The standard InChI is InChI=1S/C14H20N2O2S/c1-4-13-16-10(3)14(19-13)9(2)15-8-11(17)12-6-5-7-18-12/h5-7,9,11,15,17H,4,8H2,1-3H3. The van der Waals surface area contributed by atoms with Gasteiger partial charge in [-0.25, -0.2) is 4.98 Å². The highest BCUT2D eigenvalue weighted by molar-refractivity contribution is 7.11. The van der Waals surface area contributed by atoms with Crippen LogP contribution in [0.25, 0.3) is 0 Å². The summed E-state index contributed by atoms with van der Waals surface area (Å²) in [5.74, 6) is 0.593. The molecular weight excluding hydrogens is 260 g/mol. The number of aromatic nitrogens is 1. The molecule has 0 aromatic carbocycles. The van der Waals surface area contributed by atoms with Crippen LogP contribution in [0.2, 0.25) is 0 Å². The third-order valence-corrected chi connectivity index (χ3v) is 4.55. The Bertz CT molecular complexity index is 508. The van der Waals surface area contributed by atoms with Gasteiger partial charge in [0.05, 0.1) is 17.0 Å². The summed E-state index contributed by atoms with van der Waals surface area (Å²) >= 11 is 1.74. The lowest BCUT2D eigenvalue weighted by Gasteiger charge is -2.15. The monoisotopic (exact) mass is 280 g/mol. The maximum absolute atomic E-state index is 9.96. The highest BCUT2D eigenvalue weighted by atomic mass is 32.1. The van der Waals surface area contributed by atoms with Gasteiger partial charge in [-0.2, -0.15) is 0 Å². The Balaban J connectivity index is 1.93. The first-order chi connectivity index (χ1) is 9.11. The number of furan rings is 1. The normalized spacial score (nSPS) is 14.5. The Morgan fingerprint density at radius 2 is 2.32 bits per heavy atom. The summed E-state index contributed by atoms with van der Waals surface area (Å²) in [6, 6.07) is 3.75. The predicted octanol–water partition coefficient (Wildman–Crippen LogP) is 2.99. The van der Waals surface area contributed by atoms with E-state index < -0.39 is 6.10 Å². The summed E-state index contributed by atoms with van der Waals surface area (Å²) in [6.45, 7) is 6.70. The van der Waals surface area contributed by atoms with Crippen LogP contribution < -0.4 is 5.32 Å². The van der Waals surface area contributed by atoms with Gasteiger partial charge in [0.2, 0.25) is 0 Å². The van der Waals surface area contributed by atoms with Crippen molar-refractivity contribution < 1.29 is 9.52 Å². The van der Waals surface area contributed by atoms with Crippen molar-refractivity contribution in [1.82, 2.24) is 10.3 Å². The fraction of sp³-hybridized carbons (Fsp3) is 0.500. The van der Waals surface area contributed by atoms with Gasteiger partial charge >= 0.3 is 0 Å². The summed E-state index contributed by atoms with van der Waals surface area (Å²) in [5, 5.41) is 14.4. The highest BCUT2D eigenvalue weighted by Gasteiger charge is 2.16. The molecule has 0 fully saturated rings. The van der Waals surface area contributed by atoms with Crippen LogP contribution in [0, 0.1) is 6.92 Å². The van der Waals surface area contributed by atoms with Gasteiger partial charge in [0.1, 0.15) is 11.9 Å². The fourth-order valence-corrected chi connectivity index (χ4v) is 3.02. The number of aliphatic hydroxyl groups excluding tert-OH is 1. The van der Waals surface area contributed by atoms with Crippen LogP contribution in [0.4, 0.5) is 0 Å². The van der Waals surface area contributed by atoms with Crippen LogP contribution in [-0.4, -0.2) is 16.6 Å². The summed E-state index contributed by atoms with van der Waals surface area (Å²) in [5.41, 5.74) is 1.08. The van der Waals surface area contributed by atoms with E-state index in [1.807, 2.05) is 6.92 Å². The molecular formula is C14H20N2O2S. The molecule has 0 amide bonds. The minimum absolute atomic E-state index is 0.183. The predicted molar refractivity (Wildman–Crippen MR) is 76.3 cm³/mol. The van der Waals surface area contributed by atoms with E-state index in [0.717, 1.165) is 17.1 Å². The first kappa shape index (κ1) is 14.2. The third-order valence-electron chi connectivity index (χ3n) is 3.06. The molecule has 0 aliphatic rings. The van der Waals surface area contributed by atoms with E-state index in [9.17, 15) is 5.11 Å². The van der Waals surface area contributed by atoms with Crippen LogP contribution in [0.1, 0.15) is 47.3 Å². The Hall–Kier alpha value is -1.17. The average molecular weight is 280 g/mol. The van der Waals surface area contributed by atoms with Crippen molar-refractivity contribution in [1.29, 1.82) is 0 Å². The van der Waals surface area contributed by atoms with Crippen LogP contribution in [0.3, 0.4) is 0 Å². The van der Waals surface area contributed by atoms with Gasteiger partial charge in [-0.15, -0.1) is 11.3 Å². The second kappa shape index (κ2) is 6.32. The number of hydrogen-bond donors (Lipinski definition) is 2. The van der Waals surface area contributed by atoms with Crippen molar-refractivity contribution in [3.63, 3.8) is 0 Å². The smallest absolute Gasteiger partial charge is 0.133 e. The molecule has 4 nitrogen and oxygen atoms in total. The molecule has 2 rings (SSSR count). The van der Waals surface area contributed by atoms with E-state index >= 15 is 0 Å². The number of nitrogens with zero attached hydrogens (tertiary/aromatic N) is 1. The minimum atomic E-state index is -0.615. The number of nitrogens with one attached hydrogen (secondary N) is 1.